The van der Waals surface area contributed by atoms with Crippen LogP contribution >= 0.6 is 0 Å². The molecule has 4 rings (SSSR count). The van der Waals surface area contributed by atoms with Crippen LogP contribution in [0.2, 0.25) is 0 Å². The van der Waals surface area contributed by atoms with Crippen molar-refractivity contribution in [1.29, 1.82) is 5.26 Å². The molecule has 1 fully saturated rings. The topological polar surface area (TPSA) is 130 Å². The first-order chi connectivity index (χ1) is 16.7. The zero-order valence-electron chi connectivity index (χ0n) is 19.2. The summed E-state index contributed by atoms with van der Waals surface area (Å²) in [4.78, 5) is 25.1. The molecule has 1 aliphatic carbocycles. The van der Waals surface area contributed by atoms with Crippen LogP contribution in [0.3, 0.4) is 0 Å². The van der Waals surface area contributed by atoms with Crippen LogP contribution in [0.5, 0.6) is 0 Å². The van der Waals surface area contributed by atoms with Crippen molar-refractivity contribution in [3.8, 4) is 11.8 Å². The van der Waals surface area contributed by atoms with Gasteiger partial charge >= 0.3 is 5.97 Å². The fourth-order valence-corrected chi connectivity index (χ4v) is 4.97. The van der Waals surface area contributed by atoms with Crippen LogP contribution in [-0.4, -0.2) is 37.5 Å². The summed E-state index contributed by atoms with van der Waals surface area (Å²) in [5.41, 5.74) is 2.60. The van der Waals surface area contributed by atoms with Crippen molar-refractivity contribution in [2.24, 2.45) is 0 Å². The molecule has 0 aliphatic heterocycles. The van der Waals surface area contributed by atoms with Crippen molar-refractivity contribution >= 4 is 27.7 Å². The predicted octanol–water partition coefficient (Wildman–Crippen LogP) is 3.20. The lowest BCUT2D eigenvalue weighted by Crippen LogP contribution is -2.26. The predicted molar refractivity (Wildman–Crippen MR) is 129 cm³/mol. The Morgan fingerprint density at radius 1 is 1.11 bits per heavy atom. The molecule has 0 atom stereocenters. The number of anilines is 1. The summed E-state index contributed by atoms with van der Waals surface area (Å²) in [6.45, 7) is 3.03. The van der Waals surface area contributed by atoms with Crippen molar-refractivity contribution in [2.45, 2.75) is 37.6 Å². The van der Waals surface area contributed by atoms with E-state index < -0.39 is 28.5 Å². The van der Waals surface area contributed by atoms with Gasteiger partial charge in [0, 0.05) is 17.4 Å². The summed E-state index contributed by atoms with van der Waals surface area (Å²) in [7, 11) is -3.74. The van der Waals surface area contributed by atoms with Crippen molar-refractivity contribution in [1.82, 2.24) is 9.29 Å². The van der Waals surface area contributed by atoms with Crippen LogP contribution in [0.15, 0.2) is 59.5 Å². The van der Waals surface area contributed by atoms with Gasteiger partial charge in [0.15, 0.2) is 6.61 Å². The van der Waals surface area contributed by atoms with E-state index in [1.165, 1.54) is 24.3 Å². The molecule has 0 bridgehead atoms. The average molecular weight is 493 g/mol. The Labute approximate surface area is 203 Å². The number of ether oxygens (including phenoxy) is 1. The summed E-state index contributed by atoms with van der Waals surface area (Å²) in [6, 6.07) is 16.8. The molecular weight excluding hydrogens is 468 g/mol. The number of para-hydroxylation sites is 1. The highest BCUT2D eigenvalue weighted by molar-refractivity contribution is 7.89. The number of rotatable bonds is 8. The number of nitriles is 1. The second-order valence-electron chi connectivity index (χ2n) is 8.26. The van der Waals surface area contributed by atoms with Crippen LogP contribution in [-0.2, 0) is 19.6 Å². The molecule has 2 N–H and O–H groups in total. The third kappa shape index (κ3) is 5.26. The van der Waals surface area contributed by atoms with Gasteiger partial charge in [-0.2, -0.15) is 5.26 Å². The smallest absolute Gasteiger partial charge is 0.338 e. The molecule has 1 amide bonds. The summed E-state index contributed by atoms with van der Waals surface area (Å²) >= 11 is 0. The monoisotopic (exact) mass is 492 g/mol. The second-order valence-corrected chi connectivity index (χ2v) is 9.98. The van der Waals surface area contributed by atoms with Gasteiger partial charge in [0.1, 0.15) is 11.9 Å². The minimum absolute atomic E-state index is 0.00790. The number of esters is 1. The van der Waals surface area contributed by atoms with E-state index in [0.717, 1.165) is 29.8 Å². The fraction of sp³-hybridized carbons (Fsp3) is 0.240. The Morgan fingerprint density at radius 2 is 1.83 bits per heavy atom. The first-order valence-corrected chi connectivity index (χ1v) is 12.5. The number of aromatic nitrogens is 1. The lowest BCUT2D eigenvalue weighted by Gasteiger charge is -2.13. The van der Waals surface area contributed by atoms with E-state index in [0.29, 0.717) is 5.56 Å². The van der Waals surface area contributed by atoms with Crippen molar-refractivity contribution in [3.63, 3.8) is 0 Å². The Balaban J connectivity index is 1.48. The number of sulfonamides is 1. The molecule has 180 valence electrons. The minimum Gasteiger partial charge on any atom is -0.452 e. The van der Waals surface area contributed by atoms with E-state index in [4.69, 9.17) is 4.74 Å². The van der Waals surface area contributed by atoms with Crippen molar-refractivity contribution in [3.05, 3.63) is 77.0 Å². The molecule has 35 heavy (non-hydrogen) atoms. The molecule has 1 aromatic heterocycles. The largest absolute Gasteiger partial charge is 0.452 e. The molecule has 0 radical (unpaired) electrons. The van der Waals surface area contributed by atoms with Crippen LogP contribution in [0.1, 0.15) is 40.0 Å². The van der Waals surface area contributed by atoms with Gasteiger partial charge in [-0.1, -0.05) is 24.3 Å². The van der Waals surface area contributed by atoms with Crippen LogP contribution in [0.4, 0.5) is 5.82 Å². The second kappa shape index (κ2) is 9.74. The van der Waals surface area contributed by atoms with Crippen molar-refractivity contribution in [2.75, 3.05) is 11.9 Å². The van der Waals surface area contributed by atoms with E-state index in [-0.39, 0.29) is 22.3 Å². The maximum Gasteiger partial charge on any atom is 0.338 e. The molecule has 1 saturated carbocycles. The Morgan fingerprint density at radius 3 is 2.49 bits per heavy atom. The molecular formula is C25H24N4O5S. The number of carbonyl (C=O) groups excluding carboxylic acids is 2. The molecule has 9 nitrogen and oxygen atoms in total. The summed E-state index contributed by atoms with van der Waals surface area (Å²) < 4.78 is 34.3. The van der Waals surface area contributed by atoms with Gasteiger partial charge in [0.25, 0.3) is 5.91 Å². The number of amides is 1. The van der Waals surface area contributed by atoms with E-state index in [1.807, 2.05) is 37.3 Å². The van der Waals surface area contributed by atoms with Crippen LogP contribution < -0.4 is 10.0 Å². The maximum absolute atomic E-state index is 12.7. The van der Waals surface area contributed by atoms with Gasteiger partial charge in [-0.05, 0) is 62.6 Å². The van der Waals surface area contributed by atoms with Gasteiger partial charge in [-0.15, -0.1) is 0 Å². The summed E-state index contributed by atoms with van der Waals surface area (Å²) in [5, 5.41) is 12.3. The number of nitrogens with zero attached hydrogens (tertiary/aromatic N) is 2. The molecule has 2 aromatic carbocycles. The zero-order valence-corrected chi connectivity index (χ0v) is 20.1. The molecule has 0 spiro atoms. The van der Waals surface area contributed by atoms with Crippen LogP contribution in [0.25, 0.3) is 5.69 Å². The molecule has 1 aliphatic rings. The van der Waals surface area contributed by atoms with Gasteiger partial charge in [-0.3, -0.25) is 9.36 Å². The normalized spacial score (nSPS) is 13.2. The Kier molecular flexibility index (Phi) is 6.73. The fourth-order valence-electron chi connectivity index (χ4n) is 3.62. The molecule has 1 heterocycles. The highest BCUT2D eigenvalue weighted by Crippen LogP contribution is 2.30. The Hall–Kier alpha value is -3.94. The summed E-state index contributed by atoms with van der Waals surface area (Å²) in [5.74, 6) is -1.19. The number of hydrogen-bond acceptors (Lipinski definition) is 6. The van der Waals surface area contributed by atoms with Gasteiger partial charge in [0.2, 0.25) is 10.0 Å². The third-order valence-corrected chi connectivity index (χ3v) is 7.23. The van der Waals surface area contributed by atoms with E-state index in [1.54, 1.807) is 11.5 Å². The number of carbonyl (C=O) groups is 2. The standard InChI is InChI=1S/C25H24N4O5S/c1-16-17(2)29(20-8-4-3-5-9-20)24(22(16)14-26)27-23(30)15-34-25(31)18-7-6-10-21(13-18)35(32,33)28-19-11-12-19/h3-10,13,19,28H,11-12,15H2,1-2H3,(H,27,30). The van der Waals surface area contributed by atoms with Gasteiger partial charge < -0.3 is 10.1 Å². The maximum atomic E-state index is 12.7. The average Bonchev–Trinajstić information content (AvgIpc) is 3.62. The number of nitrogens with one attached hydrogen (secondary N) is 2. The van der Waals surface area contributed by atoms with Gasteiger partial charge in [0.05, 0.1) is 16.0 Å². The minimum atomic E-state index is -3.74. The SMILES string of the molecule is Cc1c(C#N)c(NC(=O)COC(=O)c2cccc(S(=O)(=O)NC3CC3)c2)n(-c2ccccc2)c1C. The molecule has 3 aromatic rings. The number of hydrogen-bond donors (Lipinski definition) is 2. The van der Waals surface area contributed by atoms with Crippen molar-refractivity contribution < 1.29 is 22.7 Å². The first kappa shape index (κ1) is 24.2. The Bertz CT molecular complexity index is 1430. The lowest BCUT2D eigenvalue weighted by molar-refractivity contribution is -0.119. The molecule has 0 unspecified atom stereocenters. The third-order valence-electron chi connectivity index (χ3n) is 5.71. The first-order valence-electron chi connectivity index (χ1n) is 11.0. The van der Waals surface area contributed by atoms with E-state index in [2.05, 4.69) is 16.1 Å². The highest BCUT2D eigenvalue weighted by Gasteiger charge is 2.28. The highest BCUT2D eigenvalue weighted by atomic mass is 32.2. The summed E-state index contributed by atoms with van der Waals surface area (Å²) in [6.07, 6.45) is 1.58. The quantitative estimate of drug-likeness (QED) is 0.465. The molecule has 0 saturated heterocycles. The molecule has 10 heteroatoms. The van der Waals surface area contributed by atoms with E-state index in [9.17, 15) is 23.3 Å². The van der Waals surface area contributed by atoms with Crippen LogP contribution in [0, 0.1) is 25.2 Å². The van der Waals surface area contributed by atoms with E-state index >= 15 is 0 Å². The number of benzene rings is 2. The lowest BCUT2D eigenvalue weighted by atomic mass is 10.2. The zero-order chi connectivity index (χ0) is 25.2. The van der Waals surface area contributed by atoms with Gasteiger partial charge in [-0.25, -0.2) is 17.9 Å².